The average Bonchev–Trinajstić information content (AvgIpc) is 3.43. The van der Waals surface area contributed by atoms with Crippen LogP contribution in [-0.2, 0) is 22.6 Å². The largest absolute Gasteiger partial charge is 0.376 e. The van der Waals surface area contributed by atoms with Gasteiger partial charge in [-0.3, -0.25) is 14.2 Å². The number of thiophene rings is 1. The van der Waals surface area contributed by atoms with Crippen molar-refractivity contribution >= 4 is 39.9 Å². The third-order valence-corrected chi connectivity index (χ3v) is 6.78. The maximum absolute atomic E-state index is 13.1. The fraction of sp³-hybridized carbons (Fsp3) is 0.381. The number of amides is 1. The minimum Gasteiger partial charge on any atom is -0.376 e. The molecule has 4 rings (SSSR count). The molecule has 8 heteroatoms. The number of para-hydroxylation sites is 1. The van der Waals surface area contributed by atoms with Crippen LogP contribution in [0.3, 0.4) is 0 Å². The fourth-order valence-electron chi connectivity index (χ4n) is 3.37. The zero-order valence-corrected chi connectivity index (χ0v) is 17.9. The van der Waals surface area contributed by atoms with E-state index >= 15 is 0 Å². The molecule has 1 saturated heterocycles. The van der Waals surface area contributed by atoms with Gasteiger partial charge in [0.05, 0.1) is 35.8 Å². The highest BCUT2D eigenvalue weighted by molar-refractivity contribution is 7.99. The summed E-state index contributed by atoms with van der Waals surface area (Å²) in [5.41, 5.74) is 0.580. The molecule has 0 saturated carbocycles. The highest BCUT2D eigenvalue weighted by Gasteiger charge is 2.21. The number of carbonyl (C=O) groups is 1. The summed E-state index contributed by atoms with van der Waals surface area (Å²) in [5, 5.41) is 3.17. The van der Waals surface area contributed by atoms with E-state index in [2.05, 4.69) is 4.98 Å². The van der Waals surface area contributed by atoms with Crippen LogP contribution in [0.4, 0.5) is 0 Å². The van der Waals surface area contributed by atoms with E-state index in [0.29, 0.717) is 29.1 Å². The van der Waals surface area contributed by atoms with Crippen LogP contribution < -0.4 is 5.56 Å². The molecule has 0 N–H and O–H groups in total. The monoisotopic (exact) mass is 429 g/mol. The van der Waals surface area contributed by atoms with Crippen LogP contribution in [0.1, 0.15) is 17.7 Å². The van der Waals surface area contributed by atoms with E-state index < -0.39 is 0 Å². The molecular formula is C21H23N3O3S2. The predicted molar refractivity (Wildman–Crippen MR) is 116 cm³/mol. The van der Waals surface area contributed by atoms with E-state index in [4.69, 9.17) is 4.74 Å². The van der Waals surface area contributed by atoms with Gasteiger partial charge < -0.3 is 9.64 Å². The van der Waals surface area contributed by atoms with Gasteiger partial charge in [0.2, 0.25) is 5.91 Å². The predicted octanol–water partition coefficient (Wildman–Crippen LogP) is 3.39. The molecule has 1 fully saturated rings. The molecule has 1 amide bonds. The molecule has 6 nitrogen and oxygen atoms in total. The fourth-order valence-corrected chi connectivity index (χ4v) is 5.08. The first-order valence-corrected chi connectivity index (χ1v) is 11.5. The molecule has 1 aliphatic heterocycles. The third kappa shape index (κ3) is 4.71. The highest BCUT2D eigenvalue weighted by atomic mass is 32.2. The quantitative estimate of drug-likeness (QED) is 0.426. The molecule has 0 spiro atoms. The van der Waals surface area contributed by atoms with Gasteiger partial charge in [0, 0.05) is 18.5 Å². The van der Waals surface area contributed by atoms with E-state index in [1.807, 2.05) is 35.7 Å². The number of hydrogen-bond donors (Lipinski definition) is 0. The number of aromatic nitrogens is 2. The minimum absolute atomic E-state index is 0.00877. The van der Waals surface area contributed by atoms with E-state index in [1.165, 1.54) is 11.8 Å². The smallest absolute Gasteiger partial charge is 0.262 e. The van der Waals surface area contributed by atoms with Crippen molar-refractivity contribution in [1.82, 2.24) is 14.5 Å². The molecule has 29 heavy (non-hydrogen) atoms. The number of thioether (sulfide) groups is 1. The zero-order valence-electron chi connectivity index (χ0n) is 16.2. The van der Waals surface area contributed by atoms with Gasteiger partial charge in [0.25, 0.3) is 5.56 Å². The maximum Gasteiger partial charge on any atom is 0.262 e. The summed E-state index contributed by atoms with van der Waals surface area (Å²) in [6, 6.07) is 11.3. The summed E-state index contributed by atoms with van der Waals surface area (Å²) in [7, 11) is 1.80. The number of hydrogen-bond acceptors (Lipinski definition) is 6. The van der Waals surface area contributed by atoms with Crippen molar-refractivity contribution in [3.05, 3.63) is 57.0 Å². The lowest BCUT2D eigenvalue weighted by atomic mass is 10.2. The van der Waals surface area contributed by atoms with Crippen LogP contribution in [-0.4, -0.2) is 45.9 Å². The van der Waals surface area contributed by atoms with Gasteiger partial charge in [-0.05, 0) is 36.4 Å². The van der Waals surface area contributed by atoms with E-state index in [-0.39, 0.29) is 23.3 Å². The normalized spacial score (nSPS) is 16.4. The van der Waals surface area contributed by atoms with Crippen molar-refractivity contribution in [1.29, 1.82) is 0 Å². The SMILES string of the molecule is CN(Cc1cccs1)C(=O)CSc1nc2ccccc2c(=O)n1CC1CCCO1. The van der Waals surface area contributed by atoms with Crippen molar-refractivity contribution in [2.24, 2.45) is 0 Å². The first kappa shape index (κ1) is 20.1. The van der Waals surface area contributed by atoms with Gasteiger partial charge in [0.15, 0.2) is 5.16 Å². The van der Waals surface area contributed by atoms with Crippen molar-refractivity contribution in [3.8, 4) is 0 Å². The summed E-state index contributed by atoms with van der Waals surface area (Å²) < 4.78 is 7.41. The van der Waals surface area contributed by atoms with Crippen LogP contribution in [0.5, 0.6) is 0 Å². The number of nitrogens with zero attached hydrogens (tertiary/aromatic N) is 3. The standard InChI is InChI=1S/C21H23N3O3S2/c1-23(13-16-7-5-11-28-16)19(25)14-29-21-22-18-9-3-2-8-17(18)20(26)24(21)12-15-6-4-10-27-15/h2-3,5,7-9,11,15H,4,6,10,12-14H2,1H3. The summed E-state index contributed by atoms with van der Waals surface area (Å²) in [4.78, 5) is 33.2. The van der Waals surface area contributed by atoms with Crippen molar-refractivity contribution < 1.29 is 9.53 Å². The average molecular weight is 430 g/mol. The molecule has 1 unspecified atom stereocenters. The van der Waals surface area contributed by atoms with Crippen LogP contribution >= 0.6 is 23.1 Å². The molecule has 2 aromatic heterocycles. The Morgan fingerprint density at radius 3 is 2.97 bits per heavy atom. The van der Waals surface area contributed by atoms with Gasteiger partial charge in [0.1, 0.15) is 0 Å². The molecule has 0 aliphatic carbocycles. The Bertz CT molecular complexity index is 1040. The van der Waals surface area contributed by atoms with Crippen molar-refractivity contribution in [3.63, 3.8) is 0 Å². The Labute approximate surface area is 177 Å². The second-order valence-corrected chi connectivity index (χ2v) is 9.05. The van der Waals surface area contributed by atoms with Crippen LogP contribution in [0.15, 0.2) is 51.7 Å². The number of benzene rings is 1. The number of ether oxygens (including phenoxy) is 1. The first-order chi connectivity index (χ1) is 14.1. The summed E-state index contributed by atoms with van der Waals surface area (Å²) in [6.07, 6.45) is 1.97. The summed E-state index contributed by atoms with van der Waals surface area (Å²) in [5.74, 6) is 0.243. The van der Waals surface area contributed by atoms with Crippen molar-refractivity contribution in [2.75, 3.05) is 19.4 Å². The lowest BCUT2D eigenvalue weighted by molar-refractivity contribution is -0.127. The van der Waals surface area contributed by atoms with E-state index in [9.17, 15) is 9.59 Å². The molecule has 1 aliphatic rings. The number of fused-ring (bicyclic) bond motifs is 1. The summed E-state index contributed by atoms with van der Waals surface area (Å²) in [6.45, 7) is 1.79. The lowest BCUT2D eigenvalue weighted by Gasteiger charge is -2.18. The Kier molecular flexibility index (Phi) is 6.32. The van der Waals surface area contributed by atoms with Crippen molar-refractivity contribution in [2.45, 2.75) is 37.2 Å². The van der Waals surface area contributed by atoms with Gasteiger partial charge >= 0.3 is 0 Å². The van der Waals surface area contributed by atoms with Gasteiger partial charge in [-0.1, -0.05) is 30.0 Å². The molecule has 1 atom stereocenters. The topological polar surface area (TPSA) is 64.4 Å². The molecule has 0 radical (unpaired) electrons. The highest BCUT2D eigenvalue weighted by Crippen LogP contribution is 2.21. The van der Waals surface area contributed by atoms with Crippen LogP contribution in [0, 0.1) is 0 Å². The van der Waals surface area contributed by atoms with Gasteiger partial charge in [-0.2, -0.15) is 0 Å². The minimum atomic E-state index is -0.0759. The first-order valence-electron chi connectivity index (χ1n) is 9.62. The molecule has 3 aromatic rings. The number of carbonyl (C=O) groups excluding carboxylic acids is 1. The molecule has 3 heterocycles. The van der Waals surface area contributed by atoms with E-state index in [0.717, 1.165) is 24.3 Å². The van der Waals surface area contributed by atoms with Crippen LogP contribution in [0.2, 0.25) is 0 Å². The number of rotatable bonds is 7. The van der Waals surface area contributed by atoms with Gasteiger partial charge in [-0.15, -0.1) is 11.3 Å². The maximum atomic E-state index is 13.1. The second kappa shape index (κ2) is 9.11. The second-order valence-electron chi connectivity index (χ2n) is 7.08. The zero-order chi connectivity index (χ0) is 20.2. The molecule has 152 valence electrons. The Balaban J connectivity index is 1.54. The third-order valence-electron chi connectivity index (χ3n) is 4.96. The Hall–Kier alpha value is -2.16. The lowest BCUT2D eigenvalue weighted by Crippen LogP contribution is -2.30. The molecule has 0 bridgehead atoms. The van der Waals surface area contributed by atoms with Gasteiger partial charge in [-0.25, -0.2) is 4.98 Å². The Morgan fingerprint density at radius 2 is 2.21 bits per heavy atom. The molecule has 1 aromatic carbocycles. The molecular weight excluding hydrogens is 406 g/mol. The van der Waals surface area contributed by atoms with Crippen LogP contribution in [0.25, 0.3) is 10.9 Å². The van der Waals surface area contributed by atoms with E-state index in [1.54, 1.807) is 33.9 Å². The summed E-state index contributed by atoms with van der Waals surface area (Å²) >= 11 is 2.95. The Morgan fingerprint density at radius 1 is 1.34 bits per heavy atom.